The summed E-state index contributed by atoms with van der Waals surface area (Å²) < 4.78 is 1.87. The van der Waals surface area contributed by atoms with Crippen molar-refractivity contribution in [1.82, 2.24) is 14.8 Å². The maximum Gasteiger partial charge on any atom is 0.191 e. The van der Waals surface area contributed by atoms with Crippen molar-refractivity contribution < 1.29 is 0 Å². The Kier molecular flexibility index (Phi) is 2.07. The zero-order valence-electron chi connectivity index (χ0n) is 8.26. The van der Waals surface area contributed by atoms with Gasteiger partial charge in [-0.05, 0) is 24.3 Å². The van der Waals surface area contributed by atoms with Crippen molar-refractivity contribution >= 4 is 11.3 Å². The summed E-state index contributed by atoms with van der Waals surface area (Å²) in [5.74, 6) is 1.84. The lowest BCUT2D eigenvalue weighted by molar-refractivity contribution is 0.373. The molecule has 1 unspecified atom stereocenters. The Morgan fingerprint density at radius 2 is 2.47 bits per heavy atom. The summed E-state index contributed by atoms with van der Waals surface area (Å²) in [6.45, 7) is 0. The van der Waals surface area contributed by atoms with Crippen LogP contribution in [-0.2, 0) is 6.42 Å². The highest BCUT2D eigenvalue weighted by Gasteiger charge is 2.20. The average molecular weight is 220 g/mol. The lowest BCUT2D eigenvalue weighted by atomic mass is 10.1. The second-order valence-corrected chi connectivity index (χ2v) is 4.68. The van der Waals surface area contributed by atoms with Crippen molar-refractivity contribution in [3.05, 3.63) is 23.3 Å². The molecule has 15 heavy (non-hydrogen) atoms. The van der Waals surface area contributed by atoms with Crippen LogP contribution in [0.25, 0.3) is 10.7 Å². The molecule has 0 amide bonds. The highest BCUT2D eigenvalue weighted by Crippen LogP contribution is 2.25. The van der Waals surface area contributed by atoms with Crippen molar-refractivity contribution in [1.29, 1.82) is 0 Å². The van der Waals surface area contributed by atoms with Crippen molar-refractivity contribution in [2.45, 2.75) is 25.4 Å². The molecule has 78 valence electrons. The summed E-state index contributed by atoms with van der Waals surface area (Å²) in [6.07, 6.45) is 3.12. The fourth-order valence-corrected chi connectivity index (χ4v) is 2.55. The Morgan fingerprint density at radius 1 is 1.53 bits per heavy atom. The molecule has 1 aliphatic heterocycles. The second-order valence-electron chi connectivity index (χ2n) is 3.73. The molecule has 0 radical (unpaired) electrons. The molecule has 4 nitrogen and oxygen atoms in total. The molecular weight excluding hydrogens is 208 g/mol. The van der Waals surface area contributed by atoms with Gasteiger partial charge < -0.3 is 5.73 Å². The number of aryl methyl sites for hydroxylation is 1. The van der Waals surface area contributed by atoms with E-state index in [4.69, 9.17) is 5.73 Å². The summed E-state index contributed by atoms with van der Waals surface area (Å²) >= 11 is 1.66. The highest BCUT2D eigenvalue weighted by atomic mass is 32.1. The fraction of sp³-hybridized carbons (Fsp3) is 0.400. The SMILES string of the molecule is NC1CCCc2nc(-c3cccs3)nn21. The molecule has 0 spiro atoms. The first kappa shape index (κ1) is 9.06. The number of nitrogens with zero attached hydrogens (tertiary/aromatic N) is 3. The monoisotopic (exact) mass is 220 g/mol. The Bertz CT molecular complexity index is 460. The fourth-order valence-electron chi connectivity index (χ4n) is 1.89. The third-order valence-corrected chi connectivity index (χ3v) is 3.52. The summed E-state index contributed by atoms with van der Waals surface area (Å²) in [5, 5.41) is 6.50. The first-order valence-electron chi connectivity index (χ1n) is 5.09. The molecule has 0 bridgehead atoms. The van der Waals surface area contributed by atoms with Crippen LogP contribution in [0.3, 0.4) is 0 Å². The molecule has 3 rings (SSSR count). The van der Waals surface area contributed by atoms with Gasteiger partial charge in [0.15, 0.2) is 5.82 Å². The molecule has 0 aliphatic carbocycles. The smallest absolute Gasteiger partial charge is 0.191 e. The number of aromatic nitrogens is 3. The molecule has 2 N–H and O–H groups in total. The van der Waals surface area contributed by atoms with Gasteiger partial charge in [-0.3, -0.25) is 0 Å². The van der Waals surface area contributed by atoms with E-state index in [1.54, 1.807) is 11.3 Å². The maximum atomic E-state index is 5.98. The molecule has 2 aromatic heterocycles. The van der Waals surface area contributed by atoms with Gasteiger partial charge in [-0.2, -0.15) is 0 Å². The molecule has 3 heterocycles. The zero-order valence-corrected chi connectivity index (χ0v) is 9.07. The predicted octanol–water partition coefficient (Wildman–Crippen LogP) is 1.80. The molecule has 0 saturated carbocycles. The van der Waals surface area contributed by atoms with Crippen LogP contribution in [0.4, 0.5) is 0 Å². The van der Waals surface area contributed by atoms with Crippen molar-refractivity contribution in [3.8, 4) is 10.7 Å². The van der Waals surface area contributed by atoms with E-state index in [1.165, 1.54) is 0 Å². The average Bonchev–Trinajstić information content (AvgIpc) is 2.86. The van der Waals surface area contributed by atoms with Crippen molar-refractivity contribution in [2.24, 2.45) is 5.73 Å². The van der Waals surface area contributed by atoms with E-state index in [-0.39, 0.29) is 6.17 Å². The molecule has 1 aliphatic rings. The lowest BCUT2D eigenvalue weighted by Crippen LogP contribution is -2.25. The number of fused-ring (bicyclic) bond motifs is 1. The first-order chi connectivity index (χ1) is 7.34. The van der Waals surface area contributed by atoms with Gasteiger partial charge in [0.05, 0.1) is 4.88 Å². The molecular formula is C10H12N4S. The minimum Gasteiger partial charge on any atom is -0.310 e. The van der Waals surface area contributed by atoms with Crippen LogP contribution in [-0.4, -0.2) is 14.8 Å². The van der Waals surface area contributed by atoms with Gasteiger partial charge in [0.25, 0.3) is 0 Å². The van der Waals surface area contributed by atoms with E-state index >= 15 is 0 Å². The van der Waals surface area contributed by atoms with Gasteiger partial charge in [0.1, 0.15) is 12.0 Å². The summed E-state index contributed by atoms with van der Waals surface area (Å²) in [6, 6.07) is 4.05. The Labute approximate surface area is 91.7 Å². The summed E-state index contributed by atoms with van der Waals surface area (Å²) in [5.41, 5.74) is 5.98. The minimum atomic E-state index is 0.00922. The number of nitrogens with two attached hydrogens (primary N) is 1. The predicted molar refractivity (Wildman–Crippen MR) is 59.5 cm³/mol. The van der Waals surface area contributed by atoms with E-state index in [1.807, 2.05) is 22.2 Å². The van der Waals surface area contributed by atoms with Crippen LogP contribution in [0, 0.1) is 0 Å². The van der Waals surface area contributed by atoms with Gasteiger partial charge in [-0.25, -0.2) is 9.67 Å². The molecule has 2 aromatic rings. The molecule has 5 heteroatoms. The van der Waals surface area contributed by atoms with Crippen LogP contribution >= 0.6 is 11.3 Å². The first-order valence-corrected chi connectivity index (χ1v) is 5.97. The van der Waals surface area contributed by atoms with E-state index < -0.39 is 0 Å². The molecule has 0 aromatic carbocycles. The van der Waals surface area contributed by atoms with Crippen molar-refractivity contribution in [2.75, 3.05) is 0 Å². The Balaban J connectivity index is 2.06. The number of thiophene rings is 1. The highest BCUT2D eigenvalue weighted by molar-refractivity contribution is 7.13. The van der Waals surface area contributed by atoms with Crippen LogP contribution in [0.1, 0.15) is 24.8 Å². The van der Waals surface area contributed by atoms with Gasteiger partial charge >= 0.3 is 0 Å². The molecule has 0 saturated heterocycles. The van der Waals surface area contributed by atoms with Gasteiger partial charge in [0.2, 0.25) is 0 Å². The Morgan fingerprint density at radius 3 is 3.20 bits per heavy atom. The second kappa shape index (κ2) is 3.43. The van der Waals surface area contributed by atoms with E-state index in [2.05, 4.69) is 10.1 Å². The third kappa shape index (κ3) is 1.48. The van der Waals surface area contributed by atoms with Gasteiger partial charge in [-0.15, -0.1) is 16.4 Å². The van der Waals surface area contributed by atoms with Crippen LogP contribution in [0.5, 0.6) is 0 Å². The largest absolute Gasteiger partial charge is 0.310 e. The maximum absolute atomic E-state index is 5.98. The summed E-state index contributed by atoms with van der Waals surface area (Å²) in [7, 11) is 0. The Hall–Kier alpha value is -1.20. The standard InChI is InChI=1S/C10H12N4S/c11-8-4-1-5-9-12-10(13-14(8)9)7-3-2-6-15-7/h2-3,6,8H,1,4-5,11H2. The topological polar surface area (TPSA) is 56.7 Å². The number of rotatable bonds is 1. The van der Waals surface area contributed by atoms with E-state index in [0.29, 0.717) is 0 Å². The van der Waals surface area contributed by atoms with Crippen LogP contribution in [0.2, 0.25) is 0 Å². The van der Waals surface area contributed by atoms with Crippen LogP contribution < -0.4 is 5.73 Å². The third-order valence-electron chi connectivity index (χ3n) is 2.66. The van der Waals surface area contributed by atoms with Gasteiger partial charge in [0, 0.05) is 6.42 Å². The van der Waals surface area contributed by atoms with Gasteiger partial charge in [-0.1, -0.05) is 6.07 Å². The van der Waals surface area contributed by atoms with E-state index in [0.717, 1.165) is 35.8 Å². The normalized spacial score (nSPS) is 20.2. The van der Waals surface area contributed by atoms with Crippen LogP contribution in [0.15, 0.2) is 17.5 Å². The van der Waals surface area contributed by atoms with E-state index in [9.17, 15) is 0 Å². The quantitative estimate of drug-likeness (QED) is 0.797. The molecule has 0 fully saturated rings. The number of hydrogen-bond donors (Lipinski definition) is 1. The number of hydrogen-bond acceptors (Lipinski definition) is 4. The molecule has 1 atom stereocenters. The minimum absolute atomic E-state index is 0.00922. The summed E-state index contributed by atoms with van der Waals surface area (Å²) in [4.78, 5) is 5.64. The zero-order chi connectivity index (χ0) is 10.3. The van der Waals surface area contributed by atoms with Crippen molar-refractivity contribution in [3.63, 3.8) is 0 Å². The lowest BCUT2D eigenvalue weighted by Gasteiger charge is -2.18.